The molecule has 4 nitrogen and oxygen atoms in total. The van der Waals surface area contributed by atoms with E-state index in [1.165, 1.54) is 7.11 Å². The third-order valence-electron chi connectivity index (χ3n) is 3.27. The van der Waals surface area contributed by atoms with Gasteiger partial charge >= 0.3 is 5.97 Å². The van der Waals surface area contributed by atoms with Crippen LogP contribution >= 0.6 is 11.6 Å². The molecule has 0 aromatic heterocycles. The molecule has 5 heteroatoms. The maximum absolute atomic E-state index is 11.4. The van der Waals surface area contributed by atoms with E-state index < -0.39 is 0 Å². The van der Waals surface area contributed by atoms with Crippen molar-refractivity contribution in [3.8, 4) is 5.75 Å². The van der Waals surface area contributed by atoms with Crippen molar-refractivity contribution in [3.63, 3.8) is 0 Å². The zero-order valence-electron chi connectivity index (χ0n) is 11.1. The number of carbonyl (C=O) groups is 1. The van der Waals surface area contributed by atoms with Crippen molar-refractivity contribution in [2.24, 2.45) is 0 Å². The highest BCUT2D eigenvalue weighted by Gasteiger charge is 2.31. The van der Waals surface area contributed by atoms with E-state index >= 15 is 0 Å². The molecule has 2 rings (SSSR count). The van der Waals surface area contributed by atoms with E-state index in [1.807, 2.05) is 18.2 Å². The molecule has 0 unspecified atom stereocenters. The van der Waals surface area contributed by atoms with Crippen LogP contribution in [0.4, 0.5) is 0 Å². The molecule has 1 heterocycles. The lowest BCUT2D eigenvalue weighted by Crippen LogP contribution is -2.31. The molecule has 1 aromatic carbocycles. The molecule has 0 radical (unpaired) electrons. The van der Waals surface area contributed by atoms with Crippen LogP contribution in [0.2, 0.25) is 5.02 Å². The Morgan fingerprint density at radius 2 is 2.32 bits per heavy atom. The summed E-state index contributed by atoms with van der Waals surface area (Å²) in [4.78, 5) is 11.4. The van der Waals surface area contributed by atoms with Crippen molar-refractivity contribution in [2.75, 3.05) is 13.7 Å². The largest absolute Gasteiger partial charge is 0.489 e. The molecule has 1 aromatic rings. The first kappa shape index (κ1) is 14.2. The topological polar surface area (TPSA) is 47.6 Å². The Morgan fingerprint density at radius 3 is 3.00 bits per heavy atom. The Bertz CT molecular complexity index is 464. The zero-order chi connectivity index (χ0) is 13.8. The number of rotatable bonds is 4. The van der Waals surface area contributed by atoms with Gasteiger partial charge in [-0.25, -0.2) is 0 Å². The predicted octanol–water partition coefficient (Wildman–Crippen LogP) is 2.18. The first-order chi connectivity index (χ1) is 9.13. The third kappa shape index (κ3) is 3.39. The maximum atomic E-state index is 11.4. The van der Waals surface area contributed by atoms with E-state index in [0.29, 0.717) is 18.0 Å². The first-order valence-corrected chi connectivity index (χ1v) is 6.78. The van der Waals surface area contributed by atoms with Gasteiger partial charge < -0.3 is 14.8 Å². The van der Waals surface area contributed by atoms with Crippen molar-refractivity contribution in [1.82, 2.24) is 5.32 Å². The number of nitrogens with one attached hydrogen (secondary N) is 1. The van der Waals surface area contributed by atoms with Gasteiger partial charge in [0.25, 0.3) is 0 Å². The summed E-state index contributed by atoms with van der Waals surface area (Å²) in [5.41, 5.74) is 1.08. The second-order valence-electron chi connectivity index (χ2n) is 4.57. The van der Waals surface area contributed by atoms with Gasteiger partial charge in [-0.3, -0.25) is 4.79 Å². The monoisotopic (exact) mass is 283 g/mol. The standard InChI is InChI=1S/C14H18ClNO3/c1-3-9-6-10(15)4-5-13(9)19-11-7-12(16-8-11)14(17)18-2/h4-6,11-12,16H,3,7-8H2,1-2H3/t11-,12+/m1/s1. The summed E-state index contributed by atoms with van der Waals surface area (Å²) in [5, 5.41) is 3.81. The van der Waals surface area contributed by atoms with Gasteiger partial charge in [-0.1, -0.05) is 18.5 Å². The number of aryl methyl sites for hydroxylation is 1. The zero-order valence-corrected chi connectivity index (χ0v) is 11.9. The molecule has 19 heavy (non-hydrogen) atoms. The molecule has 0 spiro atoms. The van der Waals surface area contributed by atoms with Crippen LogP contribution in [0.5, 0.6) is 5.75 Å². The molecule has 1 fully saturated rings. The van der Waals surface area contributed by atoms with Crippen LogP contribution in [0, 0.1) is 0 Å². The fraction of sp³-hybridized carbons (Fsp3) is 0.500. The molecule has 104 valence electrons. The minimum Gasteiger partial charge on any atom is -0.489 e. The number of benzene rings is 1. The first-order valence-electron chi connectivity index (χ1n) is 6.40. The van der Waals surface area contributed by atoms with Gasteiger partial charge in [0, 0.05) is 18.0 Å². The average Bonchev–Trinajstić information content (AvgIpc) is 2.88. The van der Waals surface area contributed by atoms with Crippen molar-refractivity contribution in [2.45, 2.75) is 31.9 Å². The van der Waals surface area contributed by atoms with E-state index in [-0.39, 0.29) is 18.1 Å². The number of esters is 1. The predicted molar refractivity (Wildman–Crippen MR) is 73.7 cm³/mol. The van der Waals surface area contributed by atoms with E-state index in [0.717, 1.165) is 17.7 Å². The van der Waals surface area contributed by atoms with E-state index in [9.17, 15) is 4.79 Å². The Kier molecular flexibility index (Phi) is 4.66. The van der Waals surface area contributed by atoms with Gasteiger partial charge in [-0.05, 0) is 30.2 Å². The Balaban J connectivity index is 2.01. The van der Waals surface area contributed by atoms with E-state index in [2.05, 4.69) is 12.2 Å². The van der Waals surface area contributed by atoms with Gasteiger partial charge in [-0.15, -0.1) is 0 Å². The molecule has 1 aliphatic heterocycles. The highest BCUT2D eigenvalue weighted by molar-refractivity contribution is 6.30. The van der Waals surface area contributed by atoms with Crippen LogP contribution in [0.15, 0.2) is 18.2 Å². The van der Waals surface area contributed by atoms with Crippen molar-refractivity contribution < 1.29 is 14.3 Å². The fourth-order valence-electron chi connectivity index (χ4n) is 2.23. The van der Waals surface area contributed by atoms with Crippen molar-refractivity contribution in [3.05, 3.63) is 28.8 Å². The van der Waals surface area contributed by atoms with Crippen LogP contribution in [-0.4, -0.2) is 31.8 Å². The van der Waals surface area contributed by atoms with Crippen LogP contribution in [0.25, 0.3) is 0 Å². The van der Waals surface area contributed by atoms with Gasteiger partial charge in [-0.2, -0.15) is 0 Å². The quantitative estimate of drug-likeness (QED) is 0.861. The summed E-state index contributed by atoms with van der Waals surface area (Å²) in [7, 11) is 1.40. The summed E-state index contributed by atoms with van der Waals surface area (Å²) in [5.74, 6) is 0.599. The van der Waals surface area contributed by atoms with Gasteiger partial charge in [0.2, 0.25) is 0 Å². The smallest absolute Gasteiger partial charge is 0.323 e. The Labute approximate surface area is 118 Å². The number of hydrogen-bond acceptors (Lipinski definition) is 4. The molecule has 0 saturated carbocycles. The number of hydrogen-bond donors (Lipinski definition) is 1. The summed E-state index contributed by atoms with van der Waals surface area (Å²) in [6.45, 7) is 2.70. The lowest BCUT2D eigenvalue weighted by molar-refractivity contribution is -0.142. The van der Waals surface area contributed by atoms with Crippen LogP contribution < -0.4 is 10.1 Å². The minimum atomic E-state index is -0.271. The van der Waals surface area contributed by atoms with Gasteiger partial charge in [0.1, 0.15) is 17.9 Å². The molecular formula is C14H18ClNO3. The summed E-state index contributed by atoms with van der Waals surface area (Å²) in [6, 6.07) is 5.34. The van der Waals surface area contributed by atoms with E-state index in [1.54, 1.807) is 0 Å². The molecule has 1 aliphatic rings. The molecule has 0 aliphatic carbocycles. The highest BCUT2D eigenvalue weighted by atomic mass is 35.5. The molecule has 2 atom stereocenters. The van der Waals surface area contributed by atoms with Gasteiger partial charge in [0.15, 0.2) is 0 Å². The van der Waals surface area contributed by atoms with Crippen molar-refractivity contribution in [1.29, 1.82) is 0 Å². The highest BCUT2D eigenvalue weighted by Crippen LogP contribution is 2.26. The second kappa shape index (κ2) is 6.26. The summed E-state index contributed by atoms with van der Waals surface area (Å²) in [6.07, 6.45) is 1.46. The molecular weight excluding hydrogens is 266 g/mol. The van der Waals surface area contributed by atoms with Crippen LogP contribution in [0.1, 0.15) is 18.9 Å². The number of halogens is 1. The van der Waals surface area contributed by atoms with Crippen LogP contribution in [-0.2, 0) is 16.0 Å². The number of carbonyl (C=O) groups excluding carboxylic acids is 1. The SMILES string of the molecule is CCc1cc(Cl)ccc1O[C@H]1CN[C@H](C(=O)OC)C1. The molecule has 1 saturated heterocycles. The summed E-state index contributed by atoms with van der Waals surface area (Å²) < 4.78 is 10.7. The second-order valence-corrected chi connectivity index (χ2v) is 5.00. The van der Waals surface area contributed by atoms with Gasteiger partial charge in [0.05, 0.1) is 7.11 Å². The average molecular weight is 284 g/mol. The Morgan fingerprint density at radius 1 is 1.53 bits per heavy atom. The molecule has 1 N–H and O–H groups in total. The summed E-state index contributed by atoms with van der Waals surface area (Å²) >= 11 is 5.97. The lowest BCUT2D eigenvalue weighted by atomic mass is 10.1. The van der Waals surface area contributed by atoms with Crippen molar-refractivity contribution >= 4 is 17.6 Å². The Hall–Kier alpha value is -1.26. The minimum absolute atomic E-state index is 0.0180. The maximum Gasteiger partial charge on any atom is 0.323 e. The number of ether oxygens (including phenoxy) is 2. The van der Waals surface area contributed by atoms with E-state index in [4.69, 9.17) is 21.1 Å². The lowest BCUT2D eigenvalue weighted by Gasteiger charge is -2.16. The third-order valence-corrected chi connectivity index (χ3v) is 3.51. The normalized spacial score (nSPS) is 22.3. The number of methoxy groups -OCH3 is 1. The fourth-order valence-corrected chi connectivity index (χ4v) is 2.43. The van der Waals surface area contributed by atoms with Crippen LogP contribution in [0.3, 0.4) is 0 Å². The molecule has 0 bridgehead atoms. The molecule has 0 amide bonds.